The largest absolute Gasteiger partial charge is 0.348 e. The van der Waals surface area contributed by atoms with Crippen molar-refractivity contribution in [2.24, 2.45) is 0 Å². The molecule has 0 fully saturated rings. The number of allylic oxidation sites excluding steroid dienone is 2. The fourth-order valence-corrected chi connectivity index (χ4v) is 1.52. The maximum atomic E-state index is 11.3. The molecule has 1 aliphatic rings. The smallest absolute Gasteiger partial charge is 0.243 e. The van der Waals surface area contributed by atoms with Gasteiger partial charge in [0.05, 0.1) is 0 Å². The van der Waals surface area contributed by atoms with Crippen molar-refractivity contribution in [3.8, 4) is 0 Å². The van der Waals surface area contributed by atoms with Gasteiger partial charge in [0.1, 0.15) is 0 Å². The molecule has 80 valence electrons. The molecule has 1 N–H and O–H groups in total. The van der Waals surface area contributed by atoms with Gasteiger partial charge in [0, 0.05) is 12.1 Å². The van der Waals surface area contributed by atoms with Crippen LogP contribution in [0.15, 0.2) is 36.0 Å². The zero-order chi connectivity index (χ0) is 11.3. The number of rotatable bonds is 4. The summed E-state index contributed by atoms with van der Waals surface area (Å²) in [5.74, 6) is -0.168. The van der Waals surface area contributed by atoms with E-state index in [4.69, 9.17) is 0 Å². The molecule has 15 heavy (non-hydrogen) atoms. The SMILES string of the molecule is C=CC(=O)NCC1=CCCC=C1C(C)=O. The number of carbonyl (C=O) groups excluding carboxylic acids is 2. The fraction of sp³-hybridized carbons (Fsp3) is 0.333. The van der Waals surface area contributed by atoms with Gasteiger partial charge >= 0.3 is 0 Å². The van der Waals surface area contributed by atoms with Gasteiger partial charge in [0.2, 0.25) is 5.91 Å². The standard InChI is InChI=1S/C12H15NO2/c1-3-12(15)13-8-10-6-4-5-7-11(10)9(2)14/h3,6-7H,1,4-5,8H2,2H3,(H,13,15). The minimum absolute atomic E-state index is 0.0498. The first kappa shape index (κ1) is 11.4. The van der Waals surface area contributed by atoms with E-state index < -0.39 is 0 Å². The first-order valence-electron chi connectivity index (χ1n) is 4.96. The van der Waals surface area contributed by atoms with Gasteiger partial charge in [-0.05, 0) is 31.4 Å². The second-order valence-electron chi connectivity index (χ2n) is 3.40. The Bertz CT molecular complexity index is 351. The summed E-state index contributed by atoms with van der Waals surface area (Å²) >= 11 is 0. The number of ketones is 1. The number of hydrogen-bond donors (Lipinski definition) is 1. The van der Waals surface area contributed by atoms with E-state index in [2.05, 4.69) is 11.9 Å². The molecule has 0 spiro atoms. The predicted octanol–water partition coefficient (Wildman–Crippen LogP) is 1.52. The Hall–Kier alpha value is -1.64. The summed E-state index contributed by atoms with van der Waals surface area (Å²) in [6.45, 7) is 5.31. The molecule has 0 radical (unpaired) electrons. The van der Waals surface area contributed by atoms with E-state index in [1.54, 1.807) is 6.92 Å². The maximum Gasteiger partial charge on any atom is 0.243 e. The average Bonchev–Trinajstić information content (AvgIpc) is 2.26. The maximum absolute atomic E-state index is 11.3. The first-order chi connectivity index (χ1) is 7.15. The van der Waals surface area contributed by atoms with Gasteiger partial charge in [0.25, 0.3) is 0 Å². The van der Waals surface area contributed by atoms with Gasteiger partial charge in [-0.1, -0.05) is 18.7 Å². The van der Waals surface area contributed by atoms with Crippen LogP contribution in [0.25, 0.3) is 0 Å². The summed E-state index contributed by atoms with van der Waals surface area (Å²) in [7, 11) is 0. The molecule has 3 nitrogen and oxygen atoms in total. The van der Waals surface area contributed by atoms with Crippen LogP contribution in [-0.4, -0.2) is 18.2 Å². The highest BCUT2D eigenvalue weighted by molar-refractivity contribution is 5.98. The summed E-state index contributed by atoms with van der Waals surface area (Å²) in [4.78, 5) is 22.3. The molecule has 0 aromatic rings. The number of nitrogens with one attached hydrogen (secondary N) is 1. The molecule has 0 unspecified atom stereocenters. The van der Waals surface area contributed by atoms with Gasteiger partial charge in [-0.3, -0.25) is 9.59 Å². The molecule has 0 heterocycles. The third kappa shape index (κ3) is 3.20. The second-order valence-corrected chi connectivity index (χ2v) is 3.40. The average molecular weight is 205 g/mol. The van der Waals surface area contributed by atoms with Gasteiger partial charge in [0.15, 0.2) is 5.78 Å². The van der Waals surface area contributed by atoms with E-state index >= 15 is 0 Å². The van der Waals surface area contributed by atoms with Crippen LogP contribution in [0.1, 0.15) is 19.8 Å². The van der Waals surface area contributed by atoms with Crippen LogP contribution in [0, 0.1) is 0 Å². The monoisotopic (exact) mass is 205 g/mol. The zero-order valence-corrected chi connectivity index (χ0v) is 8.88. The lowest BCUT2D eigenvalue weighted by molar-refractivity contribution is -0.116. The third-order valence-corrected chi connectivity index (χ3v) is 2.27. The molecule has 1 amide bonds. The Kier molecular flexibility index (Phi) is 4.03. The van der Waals surface area contributed by atoms with Gasteiger partial charge in [-0.2, -0.15) is 0 Å². The third-order valence-electron chi connectivity index (χ3n) is 2.27. The van der Waals surface area contributed by atoms with E-state index in [-0.39, 0.29) is 11.7 Å². The quantitative estimate of drug-likeness (QED) is 0.707. The lowest BCUT2D eigenvalue weighted by atomic mass is 9.95. The van der Waals surface area contributed by atoms with E-state index in [9.17, 15) is 9.59 Å². The molecule has 0 aromatic heterocycles. The summed E-state index contributed by atoms with van der Waals surface area (Å²) in [5.41, 5.74) is 1.63. The van der Waals surface area contributed by atoms with Crippen LogP contribution >= 0.6 is 0 Å². The van der Waals surface area contributed by atoms with E-state index in [1.807, 2.05) is 12.2 Å². The molecule has 0 bridgehead atoms. The molecule has 0 saturated heterocycles. The zero-order valence-electron chi connectivity index (χ0n) is 8.88. The van der Waals surface area contributed by atoms with E-state index in [0.717, 1.165) is 24.0 Å². The van der Waals surface area contributed by atoms with Gasteiger partial charge < -0.3 is 5.32 Å². The normalized spacial score (nSPS) is 15.0. The second kappa shape index (κ2) is 5.29. The summed E-state index contributed by atoms with van der Waals surface area (Å²) in [6.07, 6.45) is 6.97. The number of carbonyl (C=O) groups is 2. The molecule has 0 atom stereocenters. The lowest BCUT2D eigenvalue weighted by Gasteiger charge is -2.14. The Labute approximate surface area is 89.6 Å². The van der Waals surface area contributed by atoms with Crippen LogP contribution in [-0.2, 0) is 9.59 Å². The van der Waals surface area contributed by atoms with E-state index in [0.29, 0.717) is 6.54 Å². The minimum atomic E-state index is -0.218. The van der Waals surface area contributed by atoms with Crippen molar-refractivity contribution in [2.75, 3.05) is 6.54 Å². The highest BCUT2D eigenvalue weighted by atomic mass is 16.1. The lowest BCUT2D eigenvalue weighted by Crippen LogP contribution is -2.25. The topological polar surface area (TPSA) is 46.2 Å². The molecule has 0 aliphatic heterocycles. The Morgan fingerprint density at radius 2 is 2.13 bits per heavy atom. The van der Waals surface area contributed by atoms with Crippen LogP contribution in [0.4, 0.5) is 0 Å². The summed E-state index contributed by atoms with van der Waals surface area (Å²) in [6, 6.07) is 0. The van der Waals surface area contributed by atoms with Crippen molar-refractivity contribution in [2.45, 2.75) is 19.8 Å². The molecule has 1 aliphatic carbocycles. The summed E-state index contributed by atoms with van der Waals surface area (Å²) in [5, 5.41) is 2.67. The highest BCUT2D eigenvalue weighted by Crippen LogP contribution is 2.18. The Morgan fingerprint density at radius 3 is 2.73 bits per heavy atom. The molecule has 3 heteroatoms. The predicted molar refractivity (Wildman–Crippen MR) is 59.3 cm³/mol. The highest BCUT2D eigenvalue weighted by Gasteiger charge is 2.12. The van der Waals surface area contributed by atoms with Crippen molar-refractivity contribution in [3.05, 3.63) is 36.0 Å². The number of Topliss-reactive ketones (excluding diaryl/α,β-unsaturated/α-hetero) is 1. The van der Waals surface area contributed by atoms with Crippen LogP contribution in [0.5, 0.6) is 0 Å². The molecule has 0 saturated carbocycles. The number of hydrogen-bond acceptors (Lipinski definition) is 2. The molecule has 1 rings (SSSR count). The van der Waals surface area contributed by atoms with Crippen molar-refractivity contribution in [3.63, 3.8) is 0 Å². The van der Waals surface area contributed by atoms with Crippen molar-refractivity contribution in [1.29, 1.82) is 0 Å². The fourth-order valence-electron chi connectivity index (χ4n) is 1.52. The van der Waals surface area contributed by atoms with Crippen LogP contribution in [0.2, 0.25) is 0 Å². The molecule has 0 aromatic carbocycles. The van der Waals surface area contributed by atoms with Crippen LogP contribution < -0.4 is 5.32 Å². The van der Waals surface area contributed by atoms with Crippen molar-refractivity contribution in [1.82, 2.24) is 5.32 Å². The van der Waals surface area contributed by atoms with Crippen molar-refractivity contribution >= 4 is 11.7 Å². The summed E-state index contributed by atoms with van der Waals surface area (Å²) < 4.78 is 0. The van der Waals surface area contributed by atoms with Gasteiger partial charge in [-0.25, -0.2) is 0 Å². The molecular formula is C12H15NO2. The van der Waals surface area contributed by atoms with E-state index in [1.165, 1.54) is 6.08 Å². The first-order valence-corrected chi connectivity index (χ1v) is 4.96. The van der Waals surface area contributed by atoms with Gasteiger partial charge in [-0.15, -0.1) is 0 Å². The molecular weight excluding hydrogens is 190 g/mol. The number of amides is 1. The minimum Gasteiger partial charge on any atom is -0.348 e. The Balaban J connectivity index is 2.63. The van der Waals surface area contributed by atoms with Crippen LogP contribution in [0.3, 0.4) is 0 Å². The van der Waals surface area contributed by atoms with Crippen molar-refractivity contribution < 1.29 is 9.59 Å². The Morgan fingerprint density at radius 1 is 1.47 bits per heavy atom.